The highest BCUT2D eigenvalue weighted by Gasteiger charge is 2.21. The number of hydrogen-bond donors (Lipinski definition) is 0. The molecule has 1 atom stereocenters. The number of hydrogen-bond acceptors (Lipinski definition) is 2. The van der Waals surface area contributed by atoms with Crippen molar-refractivity contribution in [1.29, 1.82) is 0 Å². The molecule has 1 saturated heterocycles. The molecule has 1 aliphatic heterocycles. The van der Waals surface area contributed by atoms with Crippen molar-refractivity contribution in [2.75, 3.05) is 26.3 Å². The van der Waals surface area contributed by atoms with E-state index in [4.69, 9.17) is 4.74 Å². The first-order valence-electron chi connectivity index (χ1n) is 5.37. The van der Waals surface area contributed by atoms with Gasteiger partial charge in [-0.1, -0.05) is 12.2 Å². The van der Waals surface area contributed by atoms with Crippen molar-refractivity contribution >= 4 is 5.91 Å². The Kier molecular flexibility index (Phi) is 3.19. The van der Waals surface area contributed by atoms with Gasteiger partial charge in [-0.05, 0) is 25.2 Å². The minimum absolute atomic E-state index is 0.158. The number of morpholine rings is 1. The highest BCUT2D eigenvalue weighted by Crippen LogP contribution is 2.19. The molecule has 3 heteroatoms. The van der Waals surface area contributed by atoms with E-state index in [1.807, 2.05) is 4.90 Å². The Labute approximate surface area is 84.7 Å². The van der Waals surface area contributed by atoms with Gasteiger partial charge in [0.25, 0.3) is 0 Å². The van der Waals surface area contributed by atoms with Gasteiger partial charge >= 0.3 is 0 Å². The van der Waals surface area contributed by atoms with Crippen LogP contribution in [0.1, 0.15) is 19.3 Å². The van der Waals surface area contributed by atoms with Crippen LogP contribution < -0.4 is 0 Å². The van der Waals surface area contributed by atoms with E-state index < -0.39 is 0 Å². The van der Waals surface area contributed by atoms with E-state index in [2.05, 4.69) is 12.2 Å². The van der Waals surface area contributed by atoms with Gasteiger partial charge in [0.1, 0.15) is 6.61 Å². The number of ether oxygens (including phenoxy) is 1. The first-order valence-corrected chi connectivity index (χ1v) is 5.37. The lowest BCUT2D eigenvalue weighted by Crippen LogP contribution is -2.44. The Morgan fingerprint density at radius 3 is 3.14 bits per heavy atom. The molecule has 2 rings (SSSR count). The quantitative estimate of drug-likeness (QED) is 0.620. The summed E-state index contributed by atoms with van der Waals surface area (Å²) in [7, 11) is 0. The minimum Gasteiger partial charge on any atom is -0.370 e. The zero-order chi connectivity index (χ0) is 9.80. The van der Waals surface area contributed by atoms with Gasteiger partial charge in [-0.2, -0.15) is 0 Å². The lowest BCUT2D eigenvalue weighted by atomic mass is 9.94. The molecule has 0 unspecified atom stereocenters. The Hall–Kier alpha value is -0.830. The van der Waals surface area contributed by atoms with Crippen LogP contribution in [0.15, 0.2) is 12.2 Å². The van der Waals surface area contributed by atoms with E-state index in [1.54, 1.807) is 0 Å². The number of carbonyl (C=O) groups excluding carboxylic acids is 1. The third-order valence-electron chi connectivity index (χ3n) is 2.94. The van der Waals surface area contributed by atoms with Crippen LogP contribution in [-0.4, -0.2) is 37.1 Å². The monoisotopic (exact) mass is 195 g/mol. The van der Waals surface area contributed by atoms with Crippen LogP contribution in [0, 0.1) is 5.92 Å². The van der Waals surface area contributed by atoms with Crippen LogP contribution >= 0.6 is 0 Å². The van der Waals surface area contributed by atoms with E-state index >= 15 is 0 Å². The first-order chi connectivity index (χ1) is 6.86. The lowest BCUT2D eigenvalue weighted by Gasteiger charge is -2.31. The van der Waals surface area contributed by atoms with Crippen LogP contribution in [0.5, 0.6) is 0 Å². The second-order valence-electron chi connectivity index (χ2n) is 4.04. The summed E-state index contributed by atoms with van der Waals surface area (Å²) >= 11 is 0. The van der Waals surface area contributed by atoms with Crippen molar-refractivity contribution in [3.63, 3.8) is 0 Å². The summed E-state index contributed by atoms with van der Waals surface area (Å²) in [6, 6.07) is 0. The van der Waals surface area contributed by atoms with Crippen molar-refractivity contribution in [3.05, 3.63) is 12.2 Å². The van der Waals surface area contributed by atoms with E-state index in [0.29, 0.717) is 12.5 Å². The Balaban J connectivity index is 1.83. The van der Waals surface area contributed by atoms with Crippen LogP contribution in [0.4, 0.5) is 0 Å². The molecule has 14 heavy (non-hydrogen) atoms. The molecule has 0 bridgehead atoms. The molecule has 2 aliphatic rings. The summed E-state index contributed by atoms with van der Waals surface area (Å²) in [6.45, 7) is 2.68. The fourth-order valence-electron chi connectivity index (χ4n) is 2.08. The topological polar surface area (TPSA) is 29.5 Å². The number of nitrogens with zero attached hydrogens (tertiary/aromatic N) is 1. The summed E-state index contributed by atoms with van der Waals surface area (Å²) < 4.78 is 5.10. The maximum atomic E-state index is 11.5. The van der Waals surface area contributed by atoms with Crippen molar-refractivity contribution in [2.24, 2.45) is 5.92 Å². The number of rotatable bonds is 2. The van der Waals surface area contributed by atoms with Crippen LogP contribution in [0.3, 0.4) is 0 Å². The van der Waals surface area contributed by atoms with Gasteiger partial charge in [0.2, 0.25) is 5.91 Å². The number of allylic oxidation sites excluding steroid dienone is 2. The molecule has 0 radical (unpaired) electrons. The summed E-state index contributed by atoms with van der Waals surface area (Å²) in [5.41, 5.74) is 0. The normalized spacial score (nSPS) is 28.1. The van der Waals surface area contributed by atoms with E-state index in [1.165, 1.54) is 12.8 Å². The molecule has 0 N–H and O–H groups in total. The van der Waals surface area contributed by atoms with Crippen molar-refractivity contribution < 1.29 is 9.53 Å². The minimum atomic E-state index is 0.158. The third kappa shape index (κ3) is 2.35. The molecule has 1 fully saturated rings. The van der Waals surface area contributed by atoms with Gasteiger partial charge in [0, 0.05) is 13.1 Å². The van der Waals surface area contributed by atoms with Gasteiger partial charge in [-0.15, -0.1) is 0 Å². The Bertz CT molecular complexity index is 237. The smallest absolute Gasteiger partial charge is 0.248 e. The lowest BCUT2D eigenvalue weighted by molar-refractivity contribution is -0.143. The van der Waals surface area contributed by atoms with E-state index in [9.17, 15) is 4.79 Å². The highest BCUT2D eigenvalue weighted by atomic mass is 16.5. The Morgan fingerprint density at radius 2 is 2.43 bits per heavy atom. The fourth-order valence-corrected chi connectivity index (χ4v) is 2.08. The maximum Gasteiger partial charge on any atom is 0.248 e. The van der Waals surface area contributed by atoms with E-state index in [-0.39, 0.29) is 12.5 Å². The summed E-state index contributed by atoms with van der Waals surface area (Å²) in [6.07, 6.45) is 7.99. The van der Waals surface area contributed by atoms with Crippen molar-refractivity contribution in [2.45, 2.75) is 19.3 Å². The predicted molar refractivity (Wildman–Crippen MR) is 53.9 cm³/mol. The molecule has 0 saturated carbocycles. The van der Waals surface area contributed by atoms with Gasteiger partial charge in [-0.25, -0.2) is 0 Å². The van der Waals surface area contributed by atoms with Crippen LogP contribution in [0.25, 0.3) is 0 Å². The molecule has 0 aromatic rings. The maximum absolute atomic E-state index is 11.5. The molecular formula is C11H17NO2. The Morgan fingerprint density at radius 1 is 1.50 bits per heavy atom. The molecule has 78 valence electrons. The molecule has 3 nitrogen and oxygen atoms in total. The summed E-state index contributed by atoms with van der Waals surface area (Å²) in [5, 5.41) is 0. The molecule has 0 aromatic heterocycles. The summed E-state index contributed by atoms with van der Waals surface area (Å²) in [5.74, 6) is 0.827. The molecular weight excluding hydrogens is 178 g/mol. The molecule has 1 aliphatic carbocycles. The zero-order valence-electron chi connectivity index (χ0n) is 8.45. The van der Waals surface area contributed by atoms with E-state index in [0.717, 1.165) is 19.5 Å². The summed E-state index contributed by atoms with van der Waals surface area (Å²) in [4.78, 5) is 13.4. The number of carbonyl (C=O) groups is 1. The van der Waals surface area contributed by atoms with Crippen molar-refractivity contribution in [3.8, 4) is 0 Å². The highest BCUT2D eigenvalue weighted by molar-refractivity contribution is 5.77. The molecule has 0 aromatic carbocycles. The zero-order valence-corrected chi connectivity index (χ0v) is 8.45. The molecule has 0 spiro atoms. The third-order valence-corrected chi connectivity index (χ3v) is 2.94. The van der Waals surface area contributed by atoms with Crippen LogP contribution in [-0.2, 0) is 9.53 Å². The number of amides is 1. The average molecular weight is 195 g/mol. The predicted octanol–water partition coefficient (Wildman–Crippen LogP) is 1.20. The average Bonchev–Trinajstić information content (AvgIpc) is 2.23. The standard InChI is InChI=1S/C11H17NO2/c13-11-9-14-7-6-12(11)8-10-4-2-1-3-5-10/h1-2,10H,3-9H2/t10-/m0/s1. The fraction of sp³-hybridized carbons (Fsp3) is 0.727. The SMILES string of the molecule is O=C1COCCN1C[C@H]1CC=CCC1. The largest absolute Gasteiger partial charge is 0.370 e. The van der Waals surface area contributed by atoms with Gasteiger partial charge in [0.05, 0.1) is 6.61 Å². The first kappa shape index (κ1) is 9.71. The van der Waals surface area contributed by atoms with Crippen LogP contribution in [0.2, 0.25) is 0 Å². The second kappa shape index (κ2) is 4.60. The molecule has 1 heterocycles. The second-order valence-corrected chi connectivity index (χ2v) is 4.04. The van der Waals surface area contributed by atoms with Gasteiger partial charge < -0.3 is 9.64 Å². The van der Waals surface area contributed by atoms with Gasteiger partial charge in [-0.3, -0.25) is 4.79 Å². The van der Waals surface area contributed by atoms with Gasteiger partial charge in [0.15, 0.2) is 0 Å². The van der Waals surface area contributed by atoms with Crippen molar-refractivity contribution in [1.82, 2.24) is 4.90 Å². The molecule has 1 amide bonds.